The Balaban J connectivity index is 2.17. The highest BCUT2D eigenvalue weighted by molar-refractivity contribution is 6.75. The Hall–Kier alpha value is -0.866. The molecule has 2 aliphatic rings. The molecule has 0 bridgehead atoms. The minimum Gasteiger partial charge on any atom is -0.543 e. The van der Waals surface area contributed by atoms with Gasteiger partial charge in [0.1, 0.15) is 17.6 Å². The summed E-state index contributed by atoms with van der Waals surface area (Å²) in [4.78, 5) is 0. The van der Waals surface area contributed by atoms with Crippen molar-refractivity contribution in [3.8, 4) is 11.5 Å². The van der Waals surface area contributed by atoms with Crippen LogP contribution in [0.5, 0.6) is 11.5 Å². The first kappa shape index (κ1) is 25.8. The molecule has 182 valence electrons. The standard InChI is InChI=1S/C25H44O5Si2/c1-17-20(29-31(8,9)23(2,3)4)15-18-19(21(17)30-32(10,11)24(5,6)7)16-28-25(22(18)26)13-12-14-27-25/h15,22,26H,12-14,16H2,1-11H3. The first-order valence-electron chi connectivity index (χ1n) is 11.9. The predicted molar refractivity (Wildman–Crippen MR) is 134 cm³/mol. The van der Waals surface area contributed by atoms with E-state index < -0.39 is 28.5 Å². The molecule has 1 aromatic rings. The van der Waals surface area contributed by atoms with Gasteiger partial charge in [0.05, 0.1) is 13.2 Å². The molecule has 7 heteroatoms. The fraction of sp³-hybridized carbons (Fsp3) is 0.760. The Bertz CT molecular complexity index is 859. The normalized spacial score (nSPS) is 24.6. The Kier molecular flexibility index (Phi) is 6.53. The number of rotatable bonds is 4. The average Bonchev–Trinajstić information content (AvgIpc) is 3.10. The van der Waals surface area contributed by atoms with E-state index in [0.717, 1.165) is 34.6 Å². The van der Waals surface area contributed by atoms with Gasteiger partial charge in [0.2, 0.25) is 8.32 Å². The third-order valence-electron chi connectivity index (χ3n) is 8.14. The summed E-state index contributed by atoms with van der Waals surface area (Å²) in [7, 11) is -4.22. The zero-order valence-electron chi connectivity index (χ0n) is 22.1. The largest absolute Gasteiger partial charge is 0.543 e. The topological polar surface area (TPSA) is 57.2 Å². The van der Waals surface area contributed by atoms with Crippen molar-refractivity contribution in [2.45, 2.75) is 116 Å². The van der Waals surface area contributed by atoms with E-state index in [2.05, 4.69) is 74.7 Å². The predicted octanol–water partition coefficient (Wildman–Crippen LogP) is 6.83. The lowest BCUT2D eigenvalue weighted by atomic mass is 9.90. The van der Waals surface area contributed by atoms with E-state index >= 15 is 0 Å². The van der Waals surface area contributed by atoms with Crippen molar-refractivity contribution >= 4 is 16.6 Å². The van der Waals surface area contributed by atoms with Gasteiger partial charge in [-0.2, -0.15) is 0 Å². The van der Waals surface area contributed by atoms with Gasteiger partial charge in [-0.1, -0.05) is 41.5 Å². The van der Waals surface area contributed by atoms with Crippen LogP contribution >= 0.6 is 0 Å². The molecule has 32 heavy (non-hydrogen) atoms. The Labute approximate surface area is 197 Å². The molecule has 2 atom stereocenters. The molecule has 1 spiro atoms. The van der Waals surface area contributed by atoms with Crippen LogP contribution in [-0.2, 0) is 16.1 Å². The molecule has 5 nitrogen and oxygen atoms in total. The summed E-state index contributed by atoms with van der Waals surface area (Å²) >= 11 is 0. The third kappa shape index (κ3) is 4.43. The van der Waals surface area contributed by atoms with E-state index in [1.165, 1.54) is 0 Å². The maximum Gasteiger partial charge on any atom is 0.250 e. The molecule has 1 N–H and O–H groups in total. The van der Waals surface area contributed by atoms with Gasteiger partial charge < -0.3 is 23.4 Å². The fourth-order valence-corrected chi connectivity index (χ4v) is 5.92. The van der Waals surface area contributed by atoms with Crippen LogP contribution in [0.4, 0.5) is 0 Å². The van der Waals surface area contributed by atoms with Crippen molar-refractivity contribution in [2.24, 2.45) is 0 Å². The van der Waals surface area contributed by atoms with Gasteiger partial charge in [-0.15, -0.1) is 0 Å². The molecule has 2 unspecified atom stereocenters. The number of aliphatic hydroxyl groups excluding tert-OH is 1. The van der Waals surface area contributed by atoms with E-state index in [0.29, 0.717) is 19.6 Å². The summed E-state index contributed by atoms with van der Waals surface area (Å²) in [6, 6.07) is 2.03. The van der Waals surface area contributed by atoms with Gasteiger partial charge in [-0.25, -0.2) is 0 Å². The molecule has 0 amide bonds. The first-order chi connectivity index (χ1) is 14.4. The van der Waals surface area contributed by atoms with E-state index in [1.54, 1.807) is 0 Å². The lowest BCUT2D eigenvalue weighted by molar-refractivity contribution is -0.277. The molecule has 2 heterocycles. The third-order valence-corrected chi connectivity index (χ3v) is 16.8. The minimum atomic E-state index is -2.13. The van der Waals surface area contributed by atoms with E-state index in [1.807, 2.05) is 6.07 Å². The van der Waals surface area contributed by atoms with Crippen LogP contribution in [0.15, 0.2) is 6.07 Å². The van der Waals surface area contributed by atoms with Crippen LogP contribution in [0, 0.1) is 6.92 Å². The molecular formula is C25H44O5Si2. The second kappa shape index (κ2) is 8.12. The van der Waals surface area contributed by atoms with Gasteiger partial charge in [0, 0.05) is 17.5 Å². The Morgan fingerprint density at radius 2 is 1.53 bits per heavy atom. The quantitative estimate of drug-likeness (QED) is 0.478. The van der Waals surface area contributed by atoms with Gasteiger partial charge in [-0.3, -0.25) is 0 Å². The fourth-order valence-electron chi connectivity index (χ4n) is 3.75. The molecule has 3 rings (SSSR count). The van der Waals surface area contributed by atoms with Crippen LogP contribution < -0.4 is 8.85 Å². The van der Waals surface area contributed by atoms with Crippen LogP contribution in [-0.4, -0.2) is 34.1 Å². The van der Waals surface area contributed by atoms with Gasteiger partial charge in [0.25, 0.3) is 8.32 Å². The van der Waals surface area contributed by atoms with Crippen LogP contribution in [0.3, 0.4) is 0 Å². The number of hydrogen-bond acceptors (Lipinski definition) is 5. The highest BCUT2D eigenvalue weighted by Gasteiger charge is 2.50. The van der Waals surface area contributed by atoms with Crippen molar-refractivity contribution in [1.29, 1.82) is 0 Å². The summed E-state index contributed by atoms with van der Waals surface area (Å²) in [5.41, 5.74) is 2.76. The van der Waals surface area contributed by atoms with Crippen molar-refractivity contribution < 1.29 is 23.4 Å². The van der Waals surface area contributed by atoms with Gasteiger partial charge in [0.15, 0.2) is 5.79 Å². The molecule has 0 aliphatic carbocycles. The summed E-state index contributed by atoms with van der Waals surface area (Å²) in [6.07, 6.45) is 0.718. The van der Waals surface area contributed by atoms with E-state index in [9.17, 15) is 5.11 Å². The first-order valence-corrected chi connectivity index (χ1v) is 17.7. The number of hydrogen-bond donors (Lipinski definition) is 1. The zero-order chi connectivity index (χ0) is 24.3. The smallest absolute Gasteiger partial charge is 0.250 e. The second-order valence-electron chi connectivity index (χ2n) is 12.6. The molecule has 0 aromatic heterocycles. The molecule has 2 aliphatic heterocycles. The van der Waals surface area contributed by atoms with Crippen LogP contribution in [0.1, 0.15) is 77.2 Å². The number of benzene rings is 1. The van der Waals surface area contributed by atoms with Crippen molar-refractivity contribution in [3.63, 3.8) is 0 Å². The van der Waals surface area contributed by atoms with Crippen LogP contribution in [0.25, 0.3) is 0 Å². The molecule has 1 fully saturated rings. The van der Waals surface area contributed by atoms with E-state index in [-0.39, 0.29) is 10.1 Å². The highest BCUT2D eigenvalue weighted by Crippen LogP contribution is 2.51. The van der Waals surface area contributed by atoms with Crippen molar-refractivity contribution in [1.82, 2.24) is 0 Å². The Morgan fingerprint density at radius 3 is 2.03 bits per heavy atom. The zero-order valence-corrected chi connectivity index (χ0v) is 24.1. The lowest BCUT2D eigenvalue weighted by Crippen LogP contribution is -2.46. The molecular weight excluding hydrogens is 436 g/mol. The van der Waals surface area contributed by atoms with E-state index in [4.69, 9.17) is 18.3 Å². The summed E-state index contributed by atoms with van der Waals surface area (Å²) in [5, 5.41) is 11.5. The van der Waals surface area contributed by atoms with Gasteiger partial charge in [-0.05, 0) is 61.2 Å². The summed E-state index contributed by atoms with van der Waals surface area (Å²) < 4.78 is 25.8. The summed E-state index contributed by atoms with van der Waals surface area (Å²) in [5.74, 6) is 0.693. The minimum absolute atomic E-state index is 0.0482. The van der Waals surface area contributed by atoms with Crippen molar-refractivity contribution in [3.05, 3.63) is 22.8 Å². The SMILES string of the molecule is Cc1c(O[Si](C)(C)C(C)(C)C)cc2c(c1O[Si](C)(C)C(C)(C)C)COC1(CCCO1)C2O. The monoisotopic (exact) mass is 480 g/mol. The Morgan fingerprint density at radius 1 is 0.969 bits per heavy atom. The maximum absolute atomic E-state index is 11.4. The average molecular weight is 481 g/mol. The second-order valence-corrected chi connectivity index (χ2v) is 22.0. The maximum atomic E-state index is 11.4. The molecule has 1 aromatic carbocycles. The number of ether oxygens (including phenoxy) is 2. The lowest BCUT2D eigenvalue weighted by Gasteiger charge is -2.43. The molecule has 1 saturated heterocycles. The number of aliphatic hydroxyl groups is 1. The molecule has 0 saturated carbocycles. The highest BCUT2D eigenvalue weighted by atomic mass is 28.4. The van der Waals surface area contributed by atoms with Crippen molar-refractivity contribution in [2.75, 3.05) is 6.61 Å². The molecule has 0 radical (unpaired) electrons. The summed E-state index contributed by atoms with van der Waals surface area (Å²) in [6.45, 7) is 25.5. The number of fused-ring (bicyclic) bond motifs is 1. The van der Waals surface area contributed by atoms with Gasteiger partial charge >= 0.3 is 0 Å². The van der Waals surface area contributed by atoms with Crippen LogP contribution in [0.2, 0.25) is 36.3 Å².